The average Bonchev–Trinajstić information content (AvgIpc) is 2.60. The largest absolute Gasteiger partial charge is 0.513 e. The highest BCUT2D eigenvalue weighted by atomic mass is 19.1. The number of ether oxygens (including phenoxy) is 1. The summed E-state index contributed by atoms with van der Waals surface area (Å²) < 4.78 is 33.5. The Morgan fingerprint density at radius 1 is 1.26 bits per heavy atom. The molecule has 1 heterocycles. The standard InChI is InChI=1S/C11H14B3F2NO2/c12-11(13,14)19-6-2-7(15)10(8(16)3-6)5-1-9(18)17-4-5/h2-3,5H,1,4,12-14H2,(H,17,18)/t5-/m0/s1. The van der Waals surface area contributed by atoms with Crippen LogP contribution in [0.15, 0.2) is 12.1 Å². The Morgan fingerprint density at radius 2 is 1.84 bits per heavy atom. The topological polar surface area (TPSA) is 38.3 Å². The fraction of sp³-hybridized carbons (Fsp3) is 0.364. The number of amides is 1. The summed E-state index contributed by atoms with van der Waals surface area (Å²) >= 11 is 0. The number of carbonyl (C=O) groups excluding carboxylic acids is 1. The van der Waals surface area contributed by atoms with E-state index in [1.807, 2.05) is 0 Å². The molecule has 19 heavy (non-hydrogen) atoms. The van der Waals surface area contributed by atoms with Crippen molar-refractivity contribution < 1.29 is 18.3 Å². The first-order valence-electron chi connectivity index (χ1n) is 6.21. The highest BCUT2D eigenvalue weighted by Crippen LogP contribution is 2.31. The number of carbonyl (C=O) groups is 1. The molecule has 1 aliphatic rings. The van der Waals surface area contributed by atoms with Gasteiger partial charge in [-0.3, -0.25) is 4.79 Å². The number of rotatable bonds is 3. The Labute approximate surface area is 113 Å². The molecule has 0 aliphatic carbocycles. The van der Waals surface area contributed by atoms with Crippen LogP contribution in [0.5, 0.6) is 5.75 Å². The zero-order chi connectivity index (χ0) is 14.2. The lowest BCUT2D eigenvalue weighted by Gasteiger charge is -2.22. The summed E-state index contributed by atoms with van der Waals surface area (Å²) in [7, 11) is 5.41. The van der Waals surface area contributed by atoms with E-state index in [0.717, 1.165) is 0 Å². The molecule has 0 radical (unpaired) electrons. The van der Waals surface area contributed by atoms with E-state index < -0.39 is 22.9 Å². The first-order chi connectivity index (χ1) is 8.76. The molecule has 1 saturated heterocycles. The predicted molar refractivity (Wildman–Crippen MR) is 75.7 cm³/mol. The van der Waals surface area contributed by atoms with Gasteiger partial charge in [-0.2, -0.15) is 0 Å². The van der Waals surface area contributed by atoms with Crippen LogP contribution in [0.4, 0.5) is 8.78 Å². The molecule has 1 fully saturated rings. The van der Waals surface area contributed by atoms with Gasteiger partial charge >= 0.3 is 0 Å². The molecular weight excluding hydrogens is 249 g/mol. The van der Waals surface area contributed by atoms with Gasteiger partial charge in [-0.15, -0.1) is 0 Å². The van der Waals surface area contributed by atoms with Crippen LogP contribution in [0.2, 0.25) is 0 Å². The van der Waals surface area contributed by atoms with E-state index in [1.54, 1.807) is 23.5 Å². The van der Waals surface area contributed by atoms with Gasteiger partial charge in [-0.05, 0) is 0 Å². The van der Waals surface area contributed by atoms with E-state index in [1.165, 1.54) is 12.1 Å². The second-order valence-electron chi connectivity index (χ2n) is 5.72. The fourth-order valence-corrected chi connectivity index (χ4v) is 2.17. The molecule has 8 heteroatoms. The molecule has 0 bridgehead atoms. The van der Waals surface area contributed by atoms with Crippen molar-refractivity contribution >= 4 is 29.4 Å². The molecule has 1 atom stereocenters. The molecule has 3 nitrogen and oxygen atoms in total. The Hall–Kier alpha value is -1.46. The van der Waals surface area contributed by atoms with Crippen molar-refractivity contribution in [3.05, 3.63) is 29.3 Å². The summed E-state index contributed by atoms with van der Waals surface area (Å²) in [6, 6.07) is 2.35. The molecule has 1 N–H and O–H groups in total. The molecule has 0 spiro atoms. The smallest absolute Gasteiger partial charge is 0.220 e. The van der Waals surface area contributed by atoms with Gasteiger partial charge in [0.1, 0.15) is 40.9 Å². The van der Waals surface area contributed by atoms with Crippen molar-refractivity contribution in [3.8, 4) is 5.75 Å². The third-order valence-corrected chi connectivity index (χ3v) is 2.86. The Balaban J connectivity index is 2.30. The maximum absolute atomic E-state index is 14.0. The maximum Gasteiger partial charge on any atom is 0.220 e. The molecule has 0 unspecified atom stereocenters. The number of benzene rings is 1. The normalized spacial score (nSPS) is 19.3. The fourth-order valence-electron chi connectivity index (χ4n) is 2.17. The van der Waals surface area contributed by atoms with E-state index in [4.69, 9.17) is 4.74 Å². The van der Waals surface area contributed by atoms with Gasteiger partial charge in [0.05, 0.1) is 0 Å². The van der Waals surface area contributed by atoms with Crippen LogP contribution in [0.25, 0.3) is 0 Å². The molecule has 2 rings (SSSR count). The van der Waals surface area contributed by atoms with Crippen molar-refractivity contribution in [3.63, 3.8) is 0 Å². The summed E-state index contributed by atoms with van der Waals surface area (Å²) in [5, 5.41) is 2.05. The van der Waals surface area contributed by atoms with Crippen LogP contribution in [-0.4, -0.2) is 41.3 Å². The van der Waals surface area contributed by atoms with Crippen LogP contribution in [0.3, 0.4) is 0 Å². The summed E-state index contributed by atoms with van der Waals surface area (Å²) in [5.41, 5.74) is -0.0420. The van der Waals surface area contributed by atoms with E-state index in [0.29, 0.717) is 0 Å². The molecule has 1 aliphatic heterocycles. The van der Waals surface area contributed by atoms with Gasteiger partial charge in [0.15, 0.2) is 0 Å². The van der Waals surface area contributed by atoms with Crippen LogP contribution in [-0.2, 0) is 4.79 Å². The minimum Gasteiger partial charge on any atom is -0.513 e. The highest BCUT2D eigenvalue weighted by molar-refractivity contribution is 6.58. The lowest BCUT2D eigenvalue weighted by atomic mass is 9.52. The van der Waals surface area contributed by atoms with Crippen molar-refractivity contribution in [2.75, 3.05) is 6.54 Å². The summed E-state index contributed by atoms with van der Waals surface area (Å²) in [6.45, 7) is 0.270. The SMILES string of the molecule is BC(B)(B)Oc1cc(F)c([C@@H]2CNC(=O)C2)c(F)c1. The van der Waals surface area contributed by atoms with Crippen molar-refractivity contribution in [1.29, 1.82) is 0 Å². The second-order valence-corrected chi connectivity index (χ2v) is 5.72. The Kier molecular flexibility index (Phi) is 3.61. The van der Waals surface area contributed by atoms with Gasteiger partial charge in [-0.25, -0.2) is 8.78 Å². The minimum absolute atomic E-state index is 0.0420. The first-order valence-corrected chi connectivity index (χ1v) is 6.21. The van der Waals surface area contributed by atoms with Gasteiger partial charge in [0, 0.05) is 41.9 Å². The van der Waals surface area contributed by atoms with E-state index >= 15 is 0 Å². The van der Waals surface area contributed by atoms with Crippen LogP contribution in [0, 0.1) is 11.6 Å². The molecule has 1 amide bonds. The summed E-state index contributed by atoms with van der Waals surface area (Å²) in [5.74, 6) is -1.81. The number of nitrogens with one attached hydrogen (secondary N) is 1. The summed E-state index contributed by atoms with van der Waals surface area (Å²) in [4.78, 5) is 11.1. The molecule has 1 aromatic carbocycles. The molecule has 0 saturated carbocycles. The van der Waals surface area contributed by atoms with Gasteiger partial charge in [0.25, 0.3) is 0 Å². The summed E-state index contributed by atoms with van der Waals surface area (Å²) in [6.07, 6.45) is 0.118. The Bertz CT molecular complexity index is 496. The second kappa shape index (κ2) is 4.91. The number of hydrogen-bond acceptors (Lipinski definition) is 2. The average molecular weight is 263 g/mol. The molecule has 98 valence electrons. The third kappa shape index (κ3) is 3.30. The quantitative estimate of drug-likeness (QED) is 0.671. The van der Waals surface area contributed by atoms with Gasteiger partial charge in [0.2, 0.25) is 5.91 Å². The van der Waals surface area contributed by atoms with Gasteiger partial charge < -0.3 is 10.1 Å². The van der Waals surface area contributed by atoms with E-state index in [9.17, 15) is 13.6 Å². The maximum atomic E-state index is 14.0. The van der Waals surface area contributed by atoms with Crippen LogP contribution < -0.4 is 10.1 Å². The molecule has 1 aromatic rings. The van der Waals surface area contributed by atoms with Crippen LogP contribution in [0.1, 0.15) is 17.9 Å². The van der Waals surface area contributed by atoms with Crippen molar-refractivity contribution in [2.45, 2.75) is 17.6 Å². The van der Waals surface area contributed by atoms with Crippen molar-refractivity contribution in [2.24, 2.45) is 0 Å². The number of halogens is 2. The van der Waals surface area contributed by atoms with E-state index in [-0.39, 0.29) is 30.2 Å². The Morgan fingerprint density at radius 3 is 2.26 bits per heavy atom. The molecule has 0 aromatic heterocycles. The lowest BCUT2D eigenvalue weighted by molar-refractivity contribution is -0.119. The first kappa shape index (κ1) is 14.0. The molecular formula is C11H14B3F2NO2. The third-order valence-electron chi connectivity index (χ3n) is 2.86. The zero-order valence-electron chi connectivity index (χ0n) is 11.2. The van der Waals surface area contributed by atoms with Crippen LogP contribution >= 0.6 is 0 Å². The minimum atomic E-state index is -0.666. The van der Waals surface area contributed by atoms with Gasteiger partial charge in [-0.1, -0.05) is 0 Å². The highest BCUT2D eigenvalue weighted by Gasteiger charge is 2.29. The van der Waals surface area contributed by atoms with Crippen molar-refractivity contribution in [1.82, 2.24) is 5.32 Å². The lowest BCUT2D eigenvalue weighted by Crippen LogP contribution is -2.37. The van der Waals surface area contributed by atoms with E-state index in [2.05, 4.69) is 5.32 Å². The number of hydrogen-bond donors (Lipinski definition) is 1. The monoisotopic (exact) mass is 263 g/mol. The zero-order valence-corrected chi connectivity index (χ0v) is 11.2. The predicted octanol–water partition coefficient (Wildman–Crippen LogP) is -1.54.